The molecule has 0 aromatic heterocycles. The molecule has 2 aromatic carbocycles. The summed E-state index contributed by atoms with van der Waals surface area (Å²) in [5, 5.41) is 6.39. The summed E-state index contributed by atoms with van der Waals surface area (Å²) < 4.78 is 5.98. The smallest absolute Gasteiger partial charge is 0.265 e. The number of nitrogens with one attached hydrogen (secondary N) is 2. The summed E-state index contributed by atoms with van der Waals surface area (Å²) in [6.45, 7) is 5.93. The first-order chi connectivity index (χ1) is 12.8. The second-order valence-corrected chi connectivity index (χ2v) is 6.46. The van der Waals surface area contributed by atoms with Crippen molar-refractivity contribution in [3.05, 3.63) is 66.2 Å². The molecule has 6 heteroatoms. The van der Waals surface area contributed by atoms with Crippen LogP contribution in [0.4, 0.5) is 0 Å². The molecule has 1 atom stereocenters. The van der Waals surface area contributed by atoms with Gasteiger partial charge in [-0.3, -0.25) is 4.79 Å². The van der Waals surface area contributed by atoms with Crippen molar-refractivity contribution in [2.24, 2.45) is 0 Å². The highest BCUT2D eigenvalue weighted by Crippen LogP contribution is 2.22. The third-order valence-corrected chi connectivity index (χ3v) is 4.50. The molecule has 1 aliphatic rings. The average molecular weight is 390 g/mol. The minimum Gasteiger partial charge on any atom is -0.476 e. The van der Waals surface area contributed by atoms with Gasteiger partial charge in [0.05, 0.1) is 0 Å². The summed E-state index contributed by atoms with van der Waals surface area (Å²) in [4.78, 5) is 15.2. The van der Waals surface area contributed by atoms with Gasteiger partial charge in [-0.15, -0.1) is 12.4 Å². The van der Waals surface area contributed by atoms with Crippen LogP contribution in [-0.4, -0.2) is 50.1 Å². The number of para-hydroxylation sites is 1. The summed E-state index contributed by atoms with van der Waals surface area (Å²) >= 11 is 0. The fourth-order valence-electron chi connectivity index (χ4n) is 3.08. The number of carbonyl (C=O) groups is 1. The Morgan fingerprint density at radius 2 is 1.67 bits per heavy atom. The zero-order valence-corrected chi connectivity index (χ0v) is 16.3. The number of amides is 1. The summed E-state index contributed by atoms with van der Waals surface area (Å²) in [5.41, 5.74) is 0.857. The van der Waals surface area contributed by atoms with Gasteiger partial charge in [-0.2, -0.15) is 0 Å². The molecule has 2 aromatic rings. The maximum absolute atomic E-state index is 12.7. The van der Waals surface area contributed by atoms with Crippen molar-refractivity contribution in [2.45, 2.75) is 12.5 Å². The van der Waals surface area contributed by atoms with E-state index in [0.29, 0.717) is 12.3 Å². The van der Waals surface area contributed by atoms with Gasteiger partial charge < -0.3 is 20.3 Å². The number of halogens is 1. The van der Waals surface area contributed by atoms with E-state index in [0.717, 1.165) is 44.7 Å². The van der Waals surface area contributed by atoms with Crippen molar-refractivity contribution in [3.63, 3.8) is 0 Å². The van der Waals surface area contributed by atoms with Crippen LogP contribution in [0.3, 0.4) is 0 Å². The predicted octanol–water partition coefficient (Wildman–Crippen LogP) is 2.64. The van der Waals surface area contributed by atoms with E-state index in [1.165, 1.54) is 0 Å². The molecule has 2 N–H and O–H groups in total. The average Bonchev–Trinajstić information content (AvgIpc) is 2.71. The SMILES string of the molecule is Cl.O=C(NCCCN1CCNCC1)C(Oc1ccccc1)c1ccccc1. The molecule has 1 aliphatic heterocycles. The van der Waals surface area contributed by atoms with Crippen LogP contribution in [0.25, 0.3) is 0 Å². The van der Waals surface area contributed by atoms with Crippen LogP contribution >= 0.6 is 12.4 Å². The number of hydrogen-bond acceptors (Lipinski definition) is 4. The lowest BCUT2D eigenvalue weighted by Gasteiger charge is -2.27. The van der Waals surface area contributed by atoms with Gasteiger partial charge >= 0.3 is 0 Å². The van der Waals surface area contributed by atoms with Crippen molar-refractivity contribution >= 4 is 18.3 Å². The Bertz CT molecular complexity index is 664. The lowest BCUT2D eigenvalue weighted by molar-refractivity contribution is -0.128. The van der Waals surface area contributed by atoms with Crippen LogP contribution in [0.15, 0.2) is 60.7 Å². The van der Waals surface area contributed by atoms with Gasteiger partial charge in [0.2, 0.25) is 6.10 Å². The van der Waals surface area contributed by atoms with Crippen molar-refractivity contribution in [1.82, 2.24) is 15.5 Å². The quantitative estimate of drug-likeness (QED) is 0.681. The van der Waals surface area contributed by atoms with Crippen molar-refractivity contribution < 1.29 is 9.53 Å². The first-order valence-corrected chi connectivity index (χ1v) is 9.30. The normalized spacial score (nSPS) is 15.4. The van der Waals surface area contributed by atoms with Crippen molar-refractivity contribution in [3.8, 4) is 5.75 Å². The number of carbonyl (C=O) groups excluding carboxylic acids is 1. The molecule has 1 unspecified atom stereocenters. The molecule has 3 rings (SSSR count). The molecule has 1 saturated heterocycles. The number of ether oxygens (including phenoxy) is 1. The Hall–Kier alpha value is -2.08. The van der Waals surface area contributed by atoms with Crippen molar-refractivity contribution in [2.75, 3.05) is 39.3 Å². The molecule has 1 fully saturated rings. The summed E-state index contributed by atoms with van der Waals surface area (Å²) in [6.07, 6.45) is 0.302. The Morgan fingerprint density at radius 1 is 1.04 bits per heavy atom. The molecule has 146 valence electrons. The second-order valence-electron chi connectivity index (χ2n) is 6.46. The third-order valence-electron chi connectivity index (χ3n) is 4.50. The Balaban J connectivity index is 0.00000261. The van der Waals surface area contributed by atoms with E-state index >= 15 is 0 Å². The Morgan fingerprint density at radius 3 is 2.33 bits per heavy atom. The van der Waals surface area contributed by atoms with Crippen LogP contribution in [0.2, 0.25) is 0 Å². The molecule has 1 amide bonds. The molecule has 5 nitrogen and oxygen atoms in total. The summed E-state index contributed by atoms with van der Waals surface area (Å²) in [7, 11) is 0. The molecule has 0 aliphatic carbocycles. The molecule has 0 bridgehead atoms. The van der Waals surface area contributed by atoms with Gasteiger partial charge in [0.15, 0.2) is 0 Å². The molecule has 1 heterocycles. The Kier molecular flexibility index (Phi) is 9.11. The van der Waals surface area contributed by atoms with E-state index in [4.69, 9.17) is 4.74 Å². The van der Waals surface area contributed by atoms with Crippen molar-refractivity contribution in [1.29, 1.82) is 0 Å². The van der Waals surface area contributed by atoms with E-state index < -0.39 is 6.10 Å². The lowest BCUT2D eigenvalue weighted by Crippen LogP contribution is -2.44. The zero-order chi connectivity index (χ0) is 18.0. The monoisotopic (exact) mass is 389 g/mol. The maximum Gasteiger partial charge on any atom is 0.265 e. The largest absolute Gasteiger partial charge is 0.476 e. The molecular weight excluding hydrogens is 362 g/mol. The zero-order valence-electron chi connectivity index (χ0n) is 15.5. The summed E-state index contributed by atoms with van der Waals surface area (Å²) in [5.74, 6) is 0.595. The highest BCUT2D eigenvalue weighted by atomic mass is 35.5. The second kappa shape index (κ2) is 11.6. The topological polar surface area (TPSA) is 53.6 Å². The Labute approximate surface area is 167 Å². The lowest BCUT2D eigenvalue weighted by atomic mass is 10.1. The van der Waals surface area contributed by atoms with E-state index in [9.17, 15) is 4.79 Å². The molecule has 0 radical (unpaired) electrons. The number of rotatable bonds is 8. The minimum atomic E-state index is -0.641. The molecule has 0 saturated carbocycles. The molecular formula is C21H28ClN3O2. The molecule has 0 spiro atoms. The fourth-order valence-corrected chi connectivity index (χ4v) is 3.08. The van der Waals surface area contributed by atoms with Gasteiger partial charge in [0.1, 0.15) is 5.75 Å². The standard InChI is InChI=1S/C21H27N3O2.ClH/c25-21(23-12-7-15-24-16-13-22-14-17-24)20(18-8-3-1-4-9-18)26-19-10-5-2-6-11-19;/h1-6,8-11,20,22H,7,12-17H2,(H,23,25);1H. The number of hydrogen-bond donors (Lipinski definition) is 2. The summed E-state index contributed by atoms with van der Waals surface area (Å²) in [6, 6.07) is 19.1. The van der Waals surface area contributed by atoms with E-state index in [2.05, 4.69) is 15.5 Å². The van der Waals surface area contributed by atoms with E-state index in [-0.39, 0.29) is 18.3 Å². The highest BCUT2D eigenvalue weighted by molar-refractivity contribution is 5.85. The third kappa shape index (κ3) is 6.86. The predicted molar refractivity (Wildman–Crippen MR) is 110 cm³/mol. The minimum absolute atomic E-state index is 0. The fraction of sp³-hybridized carbons (Fsp3) is 0.381. The first kappa shape index (κ1) is 21.2. The van der Waals surface area contributed by atoms with Crippen LogP contribution in [-0.2, 0) is 4.79 Å². The van der Waals surface area contributed by atoms with Gasteiger partial charge in [0.25, 0.3) is 5.91 Å². The van der Waals surface area contributed by atoms with Gasteiger partial charge in [-0.25, -0.2) is 0 Å². The number of nitrogens with zero attached hydrogens (tertiary/aromatic N) is 1. The van der Waals surface area contributed by atoms with E-state index in [1.54, 1.807) is 0 Å². The van der Waals surface area contributed by atoms with Gasteiger partial charge in [-0.05, 0) is 25.1 Å². The number of benzene rings is 2. The van der Waals surface area contributed by atoms with E-state index in [1.807, 2.05) is 60.7 Å². The van der Waals surface area contributed by atoms with Crippen LogP contribution in [0.5, 0.6) is 5.75 Å². The van der Waals surface area contributed by atoms with Crippen LogP contribution in [0.1, 0.15) is 18.1 Å². The van der Waals surface area contributed by atoms with Gasteiger partial charge in [0, 0.05) is 38.3 Å². The van der Waals surface area contributed by atoms with Crippen LogP contribution in [0, 0.1) is 0 Å². The van der Waals surface area contributed by atoms with Crippen LogP contribution < -0.4 is 15.4 Å². The first-order valence-electron chi connectivity index (χ1n) is 9.30. The number of piperazine rings is 1. The highest BCUT2D eigenvalue weighted by Gasteiger charge is 2.22. The van der Waals surface area contributed by atoms with Gasteiger partial charge in [-0.1, -0.05) is 48.5 Å². The molecule has 27 heavy (non-hydrogen) atoms. The maximum atomic E-state index is 12.7.